The average molecular weight is 228 g/mol. The van der Waals surface area contributed by atoms with Gasteiger partial charge in [-0.15, -0.1) is 0 Å². The largest absolute Gasteiger partial charge is 0.330 e. The number of unbranched alkanes of at least 4 members (excludes halogenated alkanes) is 5. The summed E-state index contributed by atoms with van der Waals surface area (Å²) >= 11 is 0. The maximum Gasteiger partial charge on any atom is -0.00187 e. The molecule has 0 bridgehead atoms. The van der Waals surface area contributed by atoms with Gasteiger partial charge in [-0.25, -0.2) is 0 Å². The fourth-order valence-electron chi connectivity index (χ4n) is 2.15. The first-order chi connectivity index (χ1) is 7.85. The van der Waals surface area contributed by atoms with E-state index in [0.29, 0.717) is 0 Å². The zero-order chi connectivity index (χ0) is 12.1. The van der Waals surface area contributed by atoms with Crippen LogP contribution in [-0.2, 0) is 0 Å². The van der Waals surface area contributed by atoms with Crippen molar-refractivity contribution in [3.05, 3.63) is 0 Å². The molecule has 0 aliphatic rings. The van der Waals surface area contributed by atoms with Crippen LogP contribution in [0.5, 0.6) is 0 Å². The van der Waals surface area contributed by atoms with Crippen LogP contribution in [0.25, 0.3) is 0 Å². The lowest BCUT2D eigenvalue weighted by molar-refractivity contribution is 0.267. The molecule has 0 saturated heterocycles. The minimum Gasteiger partial charge on any atom is -0.330 e. The normalized spacial score (nSPS) is 11.2. The Labute approximate surface area is 103 Å². The van der Waals surface area contributed by atoms with Crippen molar-refractivity contribution in [3.8, 4) is 0 Å². The molecule has 2 N–H and O–H groups in total. The third kappa shape index (κ3) is 10.4. The molecule has 0 aromatic rings. The molecule has 0 radical (unpaired) electrons. The highest BCUT2D eigenvalue weighted by molar-refractivity contribution is 4.56. The molecule has 0 fully saturated rings. The highest BCUT2D eigenvalue weighted by Gasteiger charge is 2.01. The van der Waals surface area contributed by atoms with Crippen molar-refractivity contribution >= 4 is 0 Å². The molecule has 16 heavy (non-hydrogen) atoms. The molecule has 0 saturated carbocycles. The Kier molecular flexibility index (Phi) is 12.9. The molecule has 0 unspecified atom stereocenters. The summed E-state index contributed by atoms with van der Waals surface area (Å²) in [5.74, 6) is 0. The number of nitrogens with zero attached hydrogens (tertiary/aromatic N) is 1. The van der Waals surface area contributed by atoms with Crippen molar-refractivity contribution in [3.63, 3.8) is 0 Å². The average Bonchev–Trinajstić information content (AvgIpc) is 2.28. The number of hydrogen-bond donors (Lipinski definition) is 1. The lowest BCUT2D eigenvalue weighted by atomic mass is 10.1. The van der Waals surface area contributed by atoms with E-state index >= 15 is 0 Å². The van der Waals surface area contributed by atoms with Crippen molar-refractivity contribution in [1.82, 2.24) is 4.90 Å². The molecular formula is C14H32N2. The molecule has 0 aliphatic carbocycles. The second-order valence-corrected chi connectivity index (χ2v) is 4.75. The van der Waals surface area contributed by atoms with E-state index in [1.54, 1.807) is 0 Å². The molecule has 0 heterocycles. The monoisotopic (exact) mass is 228 g/mol. The Balaban J connectivity index is 3.25. The summed E-state index contributed by atoms with van der Waals surface area (Å²) in [4.78, 5) is 2.61. The first kappa shape index (κ1) is 15.9. The van der Waals surface area contributed by atoms with Crippen molar-refractivity contribution in [2.75, 3.05) is 26.2 Å². The Morgan fingerprint density at radius 2 is 1.19 bits per heavy atom. The van der Waals surface area contributed by atoms with Gasteiger partial charge in [-0.05, 0) is 51.9 Å². The predicted octanol–water partition coefficient (Wildman–Crippen LogP) is 3.41. The summed E-state index contributed by atoms with van der Waals surface area (Å²) in [6.45, 7) is 9.27. The van der Waals surface area contributed by atoms with E-state index < -0.39 is 0 Å². The van der Waals surface area contributed by atoms with Crippen molar-refractivity contribution in [2.45, 2.75) is 65.2 Å². The summed E-state index contributed by atoms with van der Waals surface area (Å²) in [5, 5.41) is 0. The van der Waals surface area contributed by atoms with Crippen molar-refractivity contribution < 1.29 is 0 Å². The van der Waals surface area contributed by atoms with Crippen LogP contribution in [0.2, 0.25) is 0 Å². The Morgan fingerprint density at radius 3 is 1.69 bits per heavy atom. The first-order valence-corrected chi connectivity index (χ1v) is 7.27. The summed E-state index contributed by atoms with van der Waals surface area (Å²) in [5.41, 5.74) is 5.47. The molecular weight excluding hydrogens is 196 g/mol. The van der Waals surface area contributed by atoms with Gasteiger partial charge in [0.15, 0.2) is 0 Å². The van der Waals surface area contributed by atoms with Gasteiger partial charge in [0.25, 0.3) is 0 Å². The van der Waals surface area contributed by atoms with E-state index in [4.69, 9.17) is 5.73 Å². The van der Waals surface area contributed by atoms with Gasteiger partial charge in [0, 0.05) is 0 Å². The fourth-order valence-corrected chi connectivity index (χ4v) is 2.15. The third-order valence-electron chi connectivity index (χ3n) is 3.01. The molecule has 98 valence electrons. The second-order valence-electron chi connectivity index (χ2n) is 4.75. The van der Waals surface area contributed by atoms with E-state index in [2.05, 4.69) is 18.7 Å². The second kappa shape index (κ2) is 13.0. The van der Waals surface area contributed by atoms with Gasteiger partial charge >= 0.3 is 0 Å². The van der Waals surface area contributed by atoms with Crippen LogP contribution in [0.4, 0.5) is 0 Å². The maximum absolute atomic E-state index is 5.47. The Bertz CT molecular complexity index is 120. The zero-order valence-electron chi connectivity index (χ0n) is 11.5. The van der Waals surface area contributed by atoms with Crippen LogP contribution in [0.15, 0.2) is 0 Å². The summed E-state index contributed by atoms with van der Waals surface area (Å²) in [7, 11) is 0. The highest BCUT2D eigenvalue weighted by Crippen LogP contribution is 2.06. The topological polar surface area (TPSA) is 29.3 Å². The van der Waals surface area contributed by atoms with E-state index in [-0.39, 0.29) is 0 Å². The SMILES string of the molecule is CCCN(CCC)CCCCCCCCN. The molecule has 0 aromatic carbocycles. The summed E-state index contributed by atoms with van der Waals surface area (Å²) < 4.78 is 0. The van der Waals surface area contributed by atoms with Crippen molar-refractivity contribution in [2.24, 2.45) is 5.73 Å². The van der Waals surface area contributed by atoms with Crippen LogP contribution in [0.1, 0.15) is 65.2 Å². The summed E-state index contributed by atoms with van der Waals surface area (Å²) in [6.07, 6.45) is 10.6. The molecule has 0 amide bonds. The Morgan fingerprint density at radius 1 is 0.688 bits per heavy atom. The van der Waals surface area contributed by atoms with Gasteiger partial charge in [0.2, 0.25) is 0 Å². The molecule has 0 spiro atoms. The Hall–Kier alpha value is -0.0800. The number of nitrogens with two attached hydrogens (primary N) is 1. The quantitative estimate of drug-likeness (QED) is 0.519. The van der Waals surface area contributed by atoms with Gasteiger partial charge in [-0.2, -0.15) is 0 Å². The maximum atomic E-state index is 5.47. The molecule has 0 rings (SSSR count). The van der Waals surface area contributed by atoms with E-state index in [1.807, 2.05) is 0 Å². The lowest BCUT2D eigenvalue weighted by Gasteiger charge is -2.20. The van der Waals surface area contributed by atoms with Gasteiger partial charge in [0.1, 0.15) is 0 Å². The van der Waals surface area contributed by atoms with Crippen LogP contribution in [0, 0.1) is 0 Å². The minimum absolute atomic E-state index is 0.862. The standard InChI is InChI=1S/C14H32N2/c1-3-12-16(13-4-2)14-10-8-6-5-7-9-11-15/h3-15H2,1-2H3. The van der Waals surface area contributed by atoms with Crippen LogP contribution < -0.4 is 5.73 Å². The van der Waals surface area contributed by atoms with Gasteiger partial charge < -0.3 is 10.6 Å². The molecule has 2 nitrogen and oxygen atoms in total. The summed E-state index contributed by atoms with van der Waals surface area (Å²) in [6, 6.07) is 0. The lowest BCUT2D eigenvalue weighted by Crippen LogP contribution is -2.26. The first-order valence-electron chi connectivity index (χ1n) is 7.27. The minimum atomic E-state index is 0.862. The third-order valence-corrected chi connectivity index (χ3v) is 3.01. The van der Waals surface area contributed by atoms with Gasteiger partial charge in [-0.1, -0.05) is 39.5 Å². The molecule has 0 aromatic heterocycles. The number of hydrogen-bond acceptors (Lipinski definition) is 2. The number of rotatable bonds is 12. The van der Waals surface area contributed by atoms with Gasteiger partial charge in [-0.3, -0.25) is 0 Å². The smallest absolute Gasteiger partial charge is 0.00187 e. The van der Waals surface area contributed by atoms with Crippen molar-refractivity contribution in [1.29, 1.82) is 0 Å². The van der Waals surface area contributed by atoms with E-state index in [0.717, 1.165) is 6.54 Å². The highest BCUT2D eigenvalue weighted by atomic mass is 15.1. The molecule has 2 heteroatoms. The van der Waals surface area contributed by atoms with Crippen LogP contribution in [-0.4, -0.2) is 31.1 Å². The zero-order valence-corrected chi connectivity index (χ0v) is 11.5. The predicted molar refractivity (Wildman–Crippen MR) is 73.8 cm³/mol. The van der Waals surface area contributed by atoms with Crippen LogP contribution in [0.3, 0.4) is 0 Å². The van der Waals surface area contributed by atoms with Crippen LogP contribution >= 0.6 is 0 Å². The van der Waals surface area contributed by atoms with E-state index in [1.165, 1.54) is 71.0 Å². The van der Waals surface area contributed by atoms with E-state index in [9.17, 15) is 0 Å². The fraction of sp³-hybridized carbons (Fsp3) is 1.00. The van der Waals surface area contributed by atoms with Gasteiger partial charge in [0.05, 0.1) is 0 Å². The molecule has 0 atom stereocenters. The molecule has 0 aliphatic heterocycles.